The molecule has 27 atom stereocenters. The van der Waals surface area contributed by atoms with Gasteiger partial charge in [0.2, 0.25) is 0 Å². The van der Waals surface area contributed by atoms with Crippen LogP contribution in [0.25, 0.3) is 0 Å². The molecule has 6 unspecified atom stereocenters. The van der Waals surface area contributed by atoms with Crippen molar-refractivity contribution in [3.05, 3.63) is 0 Å². The Hall–Kier alpha value is -1.01. The minimum atomic E-state index is -1.65. The SMILES string of the molecule is C[C@@H](CCC1(O)OC2CC3C4C[C@H](O[C@H]5O[C@@H](C)[C@H](O)[C@@H](O[C@H]6O[C@@H](C)[C@H](O)[C@@H](O)[C@@H]6O)[C@@H]5O)[C@H]5CC(=O)CC[C@]5(C)C4CC[C@]3(C)C2[C@@H]1C)CO[C@@H]1O[C@H](CO)[C@@H](O)[C@H](O)[C@H]1O. The highest BCUT2D eigenvalue weighted by Gasteiger charge is 2.69. The molecule has 4 saturated carbocycles. The number of ether oxygens (including phenoxy) is 7. The highest BCUT2D eigenvalue weighted by molar-refractivity contribution is 5.79. The highest BCUT2D eigenvalue weighted by atomic mass is 16.7. The Bertz CT molecular complexity index is 1610. The maximum Gasteiger partial charge on any atom is 0.187 e. The normalized spacial score (nSPS) is 56.3. The van der Waals surface area contributed by atoms with Crippen molar-refractivity contribution < 1.29 is 89.0 Å². The van der Waals surface area contributed by atoms with Gasteiger partial charge in [0.15, 0.2) is 24.7 Å². The lowest BCUT2D eigenvalue weighted by Crippen LogP contribution is -2.64. The minimum absolute atomic E-state index is 0.0791. The first-order valence-electron chi connectivity index (χ1n) is 23.5. The van der Waals surface area contributed by atoms with Crippen LogP contribution in [0.4, 0.5) is 0 Å². The van der Waals surface area contributed by atoms with Crippen molar-refractivity contribution >= 4 is 5.78 Å². The molecule has 0 aromatic heterocycles. The minimum Gasteiger partial charge on any atom is -0.394 e. The molecule has 4 aliphatic heterocycles. The van der Waals surface area contributed by atoms with Crippen LogP contribution < -0.4 is 0 Å². The summed E-state index contributed by atoms with van der Waals surface area (Å²) in [5.74, 6) is -0.816. The Morgan fingerprint density at radius 1 is 0.730 bits per heavy atom. The average molecular weight is 903 g/mol. The van der Waals surface area contributed by atoms with Gasteiger partial charge in [-0.2, -0.15) is 0 Å². The number of hydrogen-bond donors (Lipinski definition) is 10. The van der Waals surface area contributed by atoms with Gasteiger partial charge < -0.3 is 84.2 Å². The third-order valence-corrected chi connectivity index (χ3v) is 17.7. The van der Waals surface area contributed by atoms with Crippen LogP contribution in [-0.2, 0) is 38.0 Å². The molecule has 8 fully saturated rings. The van der Waals surface area contributed by atoms with E-state index in [1.54, 1.807) is 6.92 Å². The third kappa shape index (κ3) is 8.40. The summed E-state index contributed by atoms with van der Waals surface area (Å²) in [5, 5.41) is 107. The van der Waals surface area contributed by atoms with Crippen LogP contribution in [0.5, 0.6) is 0 Å². The van der Waals surface area contributed by atoms with Crippen molar-refractivity contribution in [1.82, 2.24) is 0 Å². The molecule has 0 aromatic rings. The van der Waals surface area contributed by atoms with Gasteiger partial charge in [-0.3, -0.25) is 4.79 Å². The first-order chi connectivity index (χ1) is 29.6. The lowest BCUT2D eigenvalue weighted by atomic mass is 9.43. The van der Waals surface area contributed by atoms with Gasteiger partial charge in [-0.1, -0.05) is 27.7 Å². The van der Waals surface area contributed by atoms with E-state index in [0.717, 1.165) is 25.7 Å². The molecular formula is C45H74O18. The van der Waals surface area contributed by atoms with Gasteiger partial charge in [-0.25, -0.2) is 0 Å². The van der Waals surface area contributed by atoms with Crippen molar-refractivity contribution in [3.63, 3.8) is 0 Å². The molecule has 18 nitrogen and oxygen atoms in total. The summed E-state index contributed by atoms with van der Waals surface area (Å²) in [6.45, 7) is 11.4. The van der Waals surface area contributed by atoms with Crippen molar-refractivity contribution in [2.24, 2.45) is 52.3 Å². The fourth-order valence-corrected chi connectivity index (χ4v) is 13.9. The molecule has 4 aliphatic carbocycles. The molecule has 0 aromatic carbocycles. The van der Waals surface area contributed by atoms with E-state index in [1.807, 2.05) is 6.92 Å². The first kappa shape index (κ1) is 48.4. The molecule has 4 saturated heterocycles. The van der Waals surface area contributed by atoms with Gasteiger partial charge >= 0.3 is 0 Å². The summed E-state index contributed by atoms with van der Waals surface area (Å²) in [7, 11) is 0. The molecule has 18 heteroatoms. The van der Waals surface area contributed by atoms with Gasteiger partial charge in [0.25, 0.3) is 0 Å². The number of aliphatic hydroxyl groups excluding tert-OH is 9. The van der Waals surface area contributed by atoms with E-state index in [4.69, 9.17) is 33.2 Å². The molecule has 8 aliphatic rings. The second kappa shape index (κ2) is 18.1. The van der Waals surface area contributed by atoms with Crippen LogP contribution in [0, 0.1) is 52.3 Å². The average Bonchev–Trinajstić information content (AvgIpc) is 3.68. The zero-order valence-corrected chi connectivity index (χ0v) is 37.4. The van der Waals surface area contributed by atoms with Crippen molar-refractivity contribution in [2.45, 2.75) is 209 Å². The molecule has 0 amide bonds. The van der Waals surface area contributed by atoms with Gasteiger partial charge in [0, 0.05) is 25.2 Å². The van der Waals surface area contributed by atoms with E-state index in [-0.39, 0.29) is 64.8 Å². The standard InChI is InChI=1S/C45H74O18/c1-18(17-57-40-36(53)35(52)33(50)29(16-46)61-40)7-12-45(56)19(2)30-28(63-45)15-25-23-14-27(26-13-22(47)8-10-43(26,5)24(23)9-11-44(25,30)6)60-42-38(55)39(32(49)21(4)59-42)62-41-37(54)34(51)31(48)20(3)58-41/h18-21,23-42,46,48-56H,7-17H2,1-6H3/t18-,19-,20-,21-,23?,24?,25?,26+,27-,28?,29+,30?,31-,32-,33+,34+,35-,36+,37-,38-,39+,40+,41+,42+,43+,44-,45?/m0/s1. The number of fused-ring (bicyclic) bond motifs is 7. The summed E-state index contributed by atoms with van der Waals surface area (Å²) in [6, 6.07) is 0. The number of rotatable bonds is 11. The summed E-state index contributed by atoms with van der Waals surface area (Å²) in [6.07, 6.45) is -15.0. The first-order valence-corrected chi connectivity index (χ1v) is 23.5. The Morgan fingerprint density at radius 3 is 2.08 bits per heavy atom. The monoisotopic (exact) mass is 902 g/mol. The summed E-state index contributed by atoms with van der Waals surface area (Å²) >= 11 is 0. The smallest absolute Gasteiger partial charge is 0.187 e. The number of Topliss-reactive ketones (excluding diaryl/α,β-unsaturated/α-hetero) is 1. The van der Waals surface area contributed by atoms with E-state index in [9.17, 15) is 55.9 Å². The Labute approximate surface area is 369 Å². The zero-order chi connectivity index (χ0) is 45.7. The lowest BCUT2D eigenvalue weighted by Gasteiger charge is -2.62. The molecule has 362 valence electrons. The van der Waals surface area contributed by atoms with E-state index >= 15 is 0 Å². The Balaban J connectivity index is 0.946. The van der Waals surface area contributed by atoms with Crippen molar-refractivity contribution in [2.75, 3.05) is 13.2 Å². The molecule has 0 radical (unpaired) electrons. The summed E-state index contributed by atoms with van der Waals surface area (Å²) in [4.78, 5) is 13.2. The molecule has 63 heavy (non-hydrogen) atoms. The quantitative estimate of drug-likeness (QED) is 0.117. The highest BCUT2D eigenvalue weighted by Crippen LogP contribution is 2.71. The maximum atomic E-state index is 13.2. The molecule has 8 rings (SSSR count). The van der Waals surface area contributed by atoms with Crippen LogP contribution in [0.2, 0.25) is 0 Å². The number of ketones is 1. The molecule has 0 spiro atoms. The van der Waals surface area contributed by atoms with Gasteiger partial charge in [0.1, 0.15) is 66.8 Å². The van der Waals surface area contributed by atoms with Crippen molar-refractivity contribution in [1.29, 1.82) is 0 Å². The van der Waals surface area contributed by atoms with Gasteiger partial charge in [0.05, 0.1) is 37.6 Å². The third-order valence-electron chi connectivity index (χ3n) is 17.7. The van der Waals surface area contributed by atoms with Crippen LogP contribution in [0.3, 0.4) is 0 Å². The molecule has 4 heterocycles. The van der Waals surface area contributed by atoms with E-state index in [2.05, 4.69) is 20.8 Å². The van der Waals surface area contributed by atoms with E-state index < -0.39 is 111 Å². The van der Waals surface area contributed by atoms with E-state index in [1.165, 1.54) is 6.92 Å². The van der Waals surface area contributed by atoms with Gasteiger partial charge in [-0.15, -0.1) is 0 Å². The summed E-state index contributed by atoms with van der Waals surface area (Å²) in [5.41, 5.74) is -0.407. The van der Waals surface area contributed by atoms with Crippen LogP contribution in [-0.4, -0.2) is 180 Å². The number of carbonyl (C=O) groups excluding carboxylic acids is 1. The fourth-order valence-electron chi connectivity index (χ4n) is 13.9. The number of carbonyl (C=O) groups is 1. The molecular weight excluding hydrogens is 828 g/mol. The second-order valence-corrected chi connectivity index (χ2v) is 21.4. The second-order valence-electron chi connectivity index (χ2n) is 21.4. The summed E-state index contributed by atoms with van der Waals surface area (Å²) < 4.78 is 42.6. The molecule has 0 bridgehead atoms. The Kier molecular flexibility index (Phi) is 14.0. The van der Waals surface area contributed by atoms with Crippen LogP contribution in [0.1, 0.15) is 99.3 Å². The fraction of sp³-hybridized carbons (Fsp3) is 0.978. The molecule has 10 N–H and O–H groups in total. The largest absolute Gasteiger partial charge is 0.394 e. The Morgan fingerprint density at radius 2 is 1.38 bits per heavy atom. The maximum absolute atomic E-state index is 13.2. The number of aliphatic hydroxyl groups is 10. The van der Waals surface area contributed by atoms with Crippen LogP contribution >= 0.6 is 0 Å². The van der Waals surface area contributed by atoms with Crippen molar-refractivity contribution in [3.8, 4) is 0 Å². The van der Waals surface area contributed by atoms with E-state index in [0.29, 0.717) is 38.0 Å². The number of hydrogen-bond acceptors (Lipinski definition) is 18. The van der Waals surface area contributed by atoms with Crippen LogP contribution in [0.15, 0.2) is 0 Å². The predicted molar refractivity (Wildman–Crippen MR) is 217 cm³/mol. The predicted octanol–water partition coefficient (Wildman–Crippen LogP) is -0.545. The zero-order valence-electron chi connectivity index (χ0n) is 37.4. The lowest BCUT2D eigenvalue weighted by molar-refractivity contribution is -0.362. The van der Waals surface area contributed by atoms with Gasteiger partial charge in [-0.05, 0) is 98.7 Å². The topological polar surface area (TPSA) is 284 Å².